The Hall–Kier alpha value is -3.33. The molecule has 0 unspecified atom stereocenters. The van der Waals surface area contributed by atoms with E-state index >= 15 is 0 Å². The first-order valence-corrected chi connectivity index (χ1v) is 8.46. The van der Waals surface area contributed by atoms with E-state index in [1.165, 1.54) is 35.4 Å². The van der Waals surface area contributed by atoms with E-state index in [1.807, 2.05) is 30.3 Å². The number of nitro groups is 1. The van der Waals surface area contributed by atoms with E-state index in [2.05, 4.69) is 9.97 Å². The average molecular weight is 370 g/mol. The fourth-order valence-electron chi connectivity index (χ4n) is 2.25. The van der Waals surface area contributed by atoms with Crippen LogP contribution in [-0.2, 0) is 11.4 Å². The smallest absolute Gasteiger partial charge is 0.406 e. The van der Waals surface area contributed by atoms with E-state index in [1.54, 1.807) is 11.4 Å². The molecule has 0 atom stereocenters. The van der Waals surface area contributed by atoms with Crippen LogP contribution in [-0.4, -0.2) is 20.8 Å². The Kier molecular flexibility index (Phi) is 5.18. The quantitative estimate of drug-likeness (QED) is 0.484. The molecule has 9 heteroatoms. The number of nitrogens with zero attached hydrogens (tertiary/aromatic N) is 4. The van der Waals surface area contributed by atoms with Gasteiger partial charge in [-0.1, -0.05) is 18.2 Å². The van der Waals surface area contributed by atoms with Gasteiger partial charge in [0.05, 0.1) is 11.4 Å². The van der Waals surface area contributed by atoms with Gasteiger partial charge in [0, 0.05) is 12.3 Å². The summed E-state index contributed by atoms with van der Waals surface area (Å²) in [6.45, 7) is 1.49. The first-order chi connectivity index (χ1) is 12.6. The van der Waals surface area contributed by atoms with Gasteiger partial charge in [-0.3, -0.25) is 9.69 Å². The minimum Gasteiger partial charge on any atom is -0.479 e. The van der Waals surface area contributed by atoms with Crippen molar-refractivity contribution in [3.8, 4) is 5.75 Å². The second-order valence-electron chi connectivity index (χ2n) is 5.18. The summed E-state index contributed by atoms with van der Waals surface area (Å²) in [5.41, 5.74) is 1.27. The van der Waals surface area contributed by atoms with E-state index in [0.29, 0.717) is 16.5 Å². The number of carbonyl (C=O) groups excluding carboxylic acids is 1. The molecule has 0 aliphatic rings. The average Bonchev–Trinajstić information content (AvgIpc) is 3.09. The van der Waals surface area contributed by atoms with Gasteiger partial charge in [-0.05, 0) is 34.2 Å². The number of hydrogen-bond donors (Lipinski definition) is 0. The summed E-state index contributed by atoms with van der Waals surface area (Å²) >= 11 is 1.29. The van der Waals surface area contributed by atoms with Crippen molar-refractivity contribution in [2.24, 2.45) is 0 Å². The monoisotopic (exact) mass is 370 g/mol. The van der Waals surface area contributed by atoms with Crippen molar-refractivity contribution in [2.75, 3.05) is 4.90 Å². The normalized spacial score (nSPS) is 10.3. The fourth-order valence-corrected chi connectivity index (χ4v) is 3.12. The number of thiazole rings is 1. The van der Waals surface area contributed by atoms with Gasteiger partial charge in [0.25, 0.3) is 0 Å². The van der Waals surface area contributed by atoms with Gasteiger partial charge in [-0.15, -0.1) is 11.3 Å². The predicted molar refractivity (Wildman–Crippen MR) is 96.6 cm³/mol. The van der Waals surface area contributed by atoms with Crippen LogP contribution in [0.5, 0.6) is 5.75 Å². The van der Waals surface area contributed by atoms with Crippen molar-refractivity contribution in [3.05, 3.63) is 69.8 Å². The van der Waals surface area contributed by atoms with Gasteiger partial charge in [0.15, 0.2) is 5.13 Å². The molecule has 8 nitrogen and oxygen atoms in total. The van der Waals surface area contributed by atoms with Gasteiger partial charge in [-0.25, -0.2) is 4.98 Å². The lowest BCUT2D eigenvalue weighted by Gasteiger charge is -2.17. The number of amides is 1. The van der Waals surface area contributed by atoms with Crippen molar-refractivity contribution in [3.63, 3.8) is 0 Å². The van der Waals surface area contributed by atoms with Crippen LogP contribution in [0.2, 0.25) is 0 Å². The molecule has 132 valence electrons. The highest BCUT2D eigenvalue weighted by Crippen LogP contribution is 2.30. The highest BCUT2D eigenvalue weighted by Gasteiger charge is 2.19. The molecule has 2 aromatic heterocycles. The minimum absolute atomic E-state index is 0.0313. The number of anilines is 2. The van der Waals surface area contributed by atoms with Crippen LogP contribution in [0.1, 0.15) is 12.6 Å². The van der Waals surface area contributed by atoms with E-state index < -0.39 is 4.92 Å². The molecule has 0 saturated carbocycles. The molecule has 3 aromatic rings. The zero-order valence-electron chi connectivity index (χ0n) is 13.7. The van der Waals surface area contributed by atoms with E-state index in [4.69, 9.17) is 4.74 Å². The molecule has 1 amide bonds. The highest BCUT2D eigenvalue weighted by molar-refractivity contribution is 7.14. The van der Waals surface area contributed by atoms with Crippen LogP contribution in [0.3, 0.4) is 0 Å². The van der Waals surface area contributed by atoms with Crippen LogP contribution in [0.15, 0.2) is 54.0 Å². The Morgan fingerprint density at radius 1 is 1.27 bits per heavy atom. The van der Waals surface area contributed by atoms with Crippen LogP contribution >= 0.6 is 11.3 Å². The number of pyridine rings is 1. The fraction of sp³-hybridized carbons (Fsp3) is 0.118. The van der Waals surface area contributed by atoms with Crippen molar-refractivity contribution in [1.29, 1.82) is 0 Å². The summed E-state index contributed by atoms with van der Waals surface area (Å²) in [7, 11) is 0. The molecule has 0 aliphatic carbocycles. The van der Waals surface area contributed by atoms with Gasteiger partial charge in [-0.2, -0.15) is 0 Å². The Labute approximate surface area is 152 Å². The molecule has 0 fully saturated rings. The maximum absolute atomic E-state index is 12.0. The van der Waals surface area contributed by atoms with Gasteiger partial charge in [0.2, 0.25) is 11.7 Å². The number of carbonyl (C=O) groups is 1. The number of rotatable bonds is 6. The lowest BCUT2D eigenvalue weighted by molar-refractivity contribution is -0.390. The molecule has 0 bridgehead atoms. The maximum Gasteiger partial charge on any atom is 0.406 e. The van der Waals surface area contributed by atoms with Crippen LogP contribution in [0.4, 0.5) is 16.6 Å². The third kappa shape index (κ3) is 3.83. The summed E-state index contributed by atoms with van der Waals surface area (Å²) in [5, 5.41) is 13.2. The molecular weight excluding hydrogens is 356 g/mol. The number of para-hydroxylation sites is 1. The van der Waals surface area contributed by atoms with Crippen molar-refractivity contribution in [2.45, 2.75) is 13.5 Å². The molecule has 0 radical (unpaired) electrons. The number of benzene rings is 1. The summed E-state index contributed by atoms with van der Waals surface area (Å²) in [6, 6.07) is 12.2. The molecule has 0 spiro atoms. The second kappa shape index (κ2) is 7.70. The lowest BCUT2D eigenvalue weighted by atomic mass is 10.3. The minimum atomic E-state index is -0.602. The first-order valence-electron chi connectivity index (χ1n) is 7.58. The van der Waals surface area contributed by atoms with Gasteiger partial charge in [0.1, 0.15) is 12.8 Å². The Bertz CT molecular complexity index is 929. The molecule has 1 aromatic carbocycles. The molecule has 0 N–H and O–H groups in total. The van der Waals surface area contributed by atoms with Gasteiger partial charge >= 0.3 is 5.82 Å². The van der Waals surface area contributed by atoms with E-state index in [0.717, 1.165) is 0 Å². The lowest BCUT2D eigenvalue weighted by Crippen LogP contribution is -2.22. The zero-order valence-corrected chi connectivity index (χ0v) is 14.5. The Morgan fingerprint density at radius 3 is 2.73 bits per heavy atom. The van der Waals surface area contributed by atoms with E-state index in [-0.39, 0.29) is 24.1 Å². The Morgan fingerprint density at radius 2 is 2.04 bits per heavy atom. The van der Waals surface area contributed by atoms with Crippen molar-refractivity contribution >= 4 is 33.9 Å². The first kappa shape index (κ1) is 17.5. The maximum atomic E-state index is 12.0. The summed E-state index contributed by atoms with van der Waals surface area (Å²) in [4.78, 5) is 32.0. The van der Waals surface area contributed by atoms with Crippen LogP contribution < -0.4 is 9.64 Å². The Balaban J connectivity index is 1.78. The highest BCUT2D eigenvalue weighted by atomic mass is 32.1. The second-order valence-corrected chi connectivity index (χ2v) is 6.02. The number of hydrogen-bond acceptors (Lipinski definition) is 7. The van der Waals surface area contributed by atoms with Crippen molar-refractivity contribution < 1.29 is 14.5 Å². The summed E-state index contributed by atoms with van der Waals surface area (Å²) in [5.74, 6) is -0.447. The van der Waals surface area contributed by atoms with Gasteiger partial charge < -0.3 is 14.9 Å². The predicted octanol–water partition coefficient (Wildman–Crippen LogP) is 3.71. The third-order valence-corrected chi connectivity index (χ3v) is 4.23. The summed E-state index contributed by atoms with van der Waals surface area (Å²) in [6.07, 6.45) is 1.33. The van der Waals surface area contributed by atoms with Crippen molar-refractivity contribution in [1.82, 2.24) is 9.97 Å². The standard InChI is InChI=1S/C17H14N4O4S/c1-12(22)20(14-6-3-2-4-7-14)17-19-13(11-26-17)10-25-15-8-5-9-18-16(15)21(23)24/h2-9,11H,10H2,1H3. The molecular formula is C17H14N4O4S. The number of ether oxygens (including phenoxy) is 1. The van der Waals surface area contributed by atoms with Crippen LogP contribution in [0.25, 0.3) is 0 Å². The molecule has 0 aliphatic heterocycles. The topological polar surface area (TPSA) is 98.5 Å². The molecule has 3 rings (SSSR count). The zero-order chi connectivity index (χ0) is 18.5. The third-order valence-electron chi connectivity index (χ3n) is 3.36. The largest absolute Gasteiger partial charge is 0.479 e. The molecule has 2 heterocycles. The number of aromatic nitrogens is 2. The SMILES string of the molecule is CC(=O)N(c1ccccc1)c1nc(COc2cccnc2[N+](=O)[O-])cs1. The summed E-state index contributed by atoms with van der Waals surface area (Å²) < 4.78 is 5.48. The molecule has 0 saturated heterocycles. The molecule has 26 heavy (non-hydrogen) atoms. The van der Waals surface area contributed by atoms with Crippen LogP contribution in [0, 0.1) is 10.1 Å². The van der Waals surface area contributed by atoms with E-state index in [9.17, 15) is 14.9 Å².